The second-order valence-corrected chi connectivity index (χ2v) is 8.78. The van der Waals surface area contributed by atoms with E-state index in [9.17, 15) is 8.42 Å². The molecule has 0 spiro atoms. The first kappa shape index (κ1) is 18.6. The largest absolute Gasteiger partial charge is 0.310 e. The first-order valence-electron chi connectivity index (χ1n) is 7.62. The van der Waals surface area contributed by atoms with Gasteiger partial charge < -0.3 is 5.32 Å². The van der Waals surface area contributed by atoms with Gasteiger partial charge in [-0.25, -0.2) is 13.1 Å². The van der Waals surface area contributed by atoms with Crippen LogP contribution < -0.4 is 10.0 Å². The van der Waals surface area contributed by atoms with E-state index in [0.29, 0.717) is 29.9 Å². The topological polar surface area (TPSA) is 58.2 Å². The van der Waals surface area contributed by atoms with Crippen molar-refractivity contribution in [3.05, 3.63) is 15.8 Å². The number of nitrogens with one attached hydrogen (secondary N) is 2. The number of rotatable bonds is 9. The molecule has 0 fully saturated rings. The average Bonchev–Trinajstić information content (AvgIpc) is 2.79. The number of thiophene rings is 1. The molecule has 0 atom stereocenters. The summed E-state index contributed by atoms with van der Waals surface area (Å²) in [6, 6.07) is 2.19. The van der Waals surface area contributed by atoms with Crippen LogP contribution >= 0.6 is 11.3 Å². The third-order valence-corrected chi connectivity index (χ3v) is 6.34. The molecule has 0 saturated heterocycles. The Bertz CT molecular complexity index is 532. The molecule has 2 N–H and O–H groups in total. The van der Waals surface area contributed by atoms with E-state index in [2.05, 4.69) is 37.7 Å². The molecule has 0 aliphatic carbocycles. The van der Waals surface area contributed by atoms with Gasteiger partial charge in [0.05, 0.1) is 4.90 Å². The highest BCUT2D eigenvalue weighted by Crippen LogP contribution is 2.26. The molecule has 0 aliphatic rings. The summed E-state index contributed by atoms with van der Waals surface area (Å²) in [5.74, 6) is 0.404. The second-order valence-electron chi connectivity index (χ2n) is 5.70. The quantitative estimate of drug-likeness (QED) is 0.730. The summed E-state index contributed by atoms with van der Waals surface area (Å²) in [7, 11) is -3.39. The molecule has 1 aromatic rings. The summed E-state index contributed by atoms with van der Waals surface area (Å²) >= 11 is 1.55. The molecule has 0 amide bonds. The van der Waals surface area contributed by atoms with Gasteiger partial charge in [-0.1, -0.05) is 40.5 Å². The normalized spacial score (nSPS) is 12.5. The Labute approximate surface area is 133 Å². The number of hydrogen-bond acceptors (Lipinski definition) is 4. The minimum Gasteiger partial charge on any atom is -0.310 e. The maximum Gasteiger partial charge on any atom is 0.241 e. The molecule has 1 rings (SSSR count). The van der Waals surface area contributed by atoms with E-state index in [0.717, 1.165) is 22.6 Å². The van der Waals surface area contributed by atoms with Crippen LogP contribution in [0.3, 0.4) is 0 Å². The van der Waals surface area contributed by atoms with Gasteiger partial charge in [0, 0.05) is 28.9 Å². The molecule has 122 valence electrons. The van der Waals surface area contributed by atoms with Gasteiger partial charge in [0.2, 0.25) is 10.0 Å². The highest BCUT2D eigenvalue weighted by atomic mass is 32.2. The Kier molecular flexibility index (Phi) is 7.33. The van der Waals surface area contributed by atoms with Crippen LogP contribution in [0.1, 0.15) is 50.3 Å². The molecule has 6 heteroatoms. The Hall–Kier alpha value is -0.430. The molecule has 0 unspecified atom stereocenters. The summed E-state index contributed by atoms with van der Waals surface area (Å²) in [6.45, 7) is 11.4. The number of aryl methyl sites for hydroxylation is 1. The molecule has 0 aromatic carbocycles. The van der Waals surface area contributed by atoms with Crippen LogP contribution in [-0.4, -0.2) is 21.0 Å². The van der Waals surface area contributed by atoms with Gasteiger partial charge in [-0.2, -0.15) is 0 Å². The maximum absolute atomic E-state index is 12.4. The molecule has 1 aromatic heterocycles. The van der Waals surface area contributed by atoms with E-state index in [-0.39, 0.29) is 0 Å². The van der Waals surface area contributed by atoms with Crippen molar-refractivity contribution in [3.63, 3.8) is 0 Å². The molecular weight excluding hydrogens is 304 g/mol. The fourth-order valence-electron chi connectivity index (χ4n) is 2.07. The first-order valence-corrected chi connectivity index (χ1v) is 9.92. The fourth-order valence-corrected chi connectivity index (χ4v) is 4.77. The molecule has 4 nitrogen and oxygen atoms in total. The average molecular weight is 333 g/mol. The standard InChI is InChI=1S/C15H28N2O2S2/c1-6-13(7-2)9-17-21(18,19)15-8-14(20-12(15)5)10-16-11(3)4/h8,11,13,16-17H,6-7,9-10H2,1-5H3. The van der Waals surface area contributed by atoms with Crippen molar-refractivity contribution in [3.8, 4) is 0 Å². The van der Waals surface area contributed by atoms with Gasteiger partial charge in [-0.05, 0) is 18.9 Å². The zero-order valence-corrected chi connectivity index (χ0v) is 15.3. The molecule has 0 radical (unpaired) electrons. The van der Waals surface area contributed by atoms with E-state index in [1.54, 1.807) is 17.4 Å². The van der Waals surface area contributed by atoms with Crippen LogP contribution in [0, 0.1) is 12.8 Å². The summed E-state index contributed by atoms with van der Waals surface area (Å²) < 4.78 is 27.6. The van der Waals surface area contributed by atoms with E-state index in [4.69, 9.17) is 0 Å². The van der Waals surface area contributed by atoms with Crippen LogP contribution in [-0.2, 0) is 16.6 Å². The van der Waals surface area contributed by atoms with E-state index >= 15 is 0 Å². The van der Waals surface area contributed by atoms with Crippen LogP contribution in [0.4, 0.5) is 0 Å². The smallest absolute Gasteiger partial charge is 0.241 e. The summed E-state index contributed by atoms with van der Waals surface area (Å²) in [5.41, 5.74) is 0. The number of sulfonamides is 1. The summed E-state index contributed by atoms with van der Waals surface area (Å²) in [4.78, 5) is 2.34. The predicted octanol–water partition coefficient (Wildman–Crippen LogP) is 3.27. The van der Waals surface area contributed by atoms with Crippen molar-refractivity contribution in [1.82, 2.24) is 10.0 Å². The maximum atomic E-state index is 12.4. The van der Waals surface area contributed by atoms with Gasteiger partial charge >= 0.3 is 0 Å². The third-order valence-electron chi connectivity index (χ3n) is 3.61. The Morgan fingerprint density at radius 2 is 1.86 bits per heavy atom. The number of hydrogen-bond donors (Lipinski definition) is 2. The molecule has 0 saturated carbocycles. The van der Waals surface area contributed by atoms with Crippen LogP contribution in [0.25, 0.3) is 0 Å². The lowest BCUT2D eigenvalue weighted by Crippen LogP contribution is -2.29. The Morgan fingerprint density at radius 3 is 2.38 bits per heavy atom. The third kappa shape index (κ3) is 5.70. The van der Waals surface area contributed by atoms with E-state index in [1.807, 2.05) is 6.92 Å². The highest BCUT2D eigenvalue weighted by molar-refractivity contribution is 7.89. The van der Waals surface area contributed by atoms with Crippen LogP contribution in [0.5, 0.6) is 0 Å². The zero-order valence-electron chi connectivity index (χ0n) is 13.7. The lowest BCUT2D eigenvalue weighted by Gasteiger charge is -2.13. The van der Waals surface area contributed by atoms with Gasteiger partial charge in [-0.3, -0.25) is 0 Å². The van der Waals surface area contributed by atoms with E-state index in [1.165, 1.54) is 0 Å². The van der Waals surface area contributed by atoms with Crippen molar-refractivity contribution in [2.75, 3.05) is 6.54 Å². The fraction of sp³-hybridized carbons (Fsp3) is 0.733. The zero-order chi connectivity index (χ0) is 16.0. The first-order chi connectivity index (χ1) is 9.80. The highest BCUT2D eigenvalue weighted by Gasteiger charge is 2.20. The molecule has 0 bridgehead atoms. The van der Waals surface area contributed by atoms with Gasteiger partial charge in [-0.15, -0.1) is 11.3 Å². The van der Waals surface area contributed by atoms with Gasteiger partial charge in [0.25, 0.3) is 0 Å². The second kappa shape index (κ2) is 8.27. The van der Waals surface area contributed by atoms with Gasteiger partial charge in [0.15, 0.2) is 0 Å². The van der Waals surface area contributed by atoms with Crippen molar-refractivity contribution >= 4 is 21.4 Å². The van der Waals surface area contributed by atoms with Crippen LogP contribution in [0.15, 0.2) is 11.0 Å². The Balaban J connectivity index is 2.78. The lowest BCUT2D eigenvalue weighted by molar-refractivity contribution is 0.479. The monoisotopic (exact) mass is 332 g/mol. The SMILES string of the molecule is CCC(CC)CNS(=O)(=O)c1cc(CNC(C)C)sc1C. The molecule has 21 heavy (non-hydrogen) atoms. The van der Waals surface area contributed by atoms with Crippen molar-refractivity contribution in [1.29, 1.82) is 0 Å². The van der Waals surface area contributed by atoms with Crippen LogP contribution in [0.2, 0.25) is 0 Å². The minimum atomic E-state index is -3.39. The van der Waals surface area contributed by atoms with Crippen molar-refractivity contribution in [2.45, 2.75) is 64.9 Å². The summed E-state index contributed by atoms with van der Waals surface area (Å²) in [5, 5.41) is 3.32. The summed E-state index contributed by atoms with van der Waals surface area (Å²) in [6.07, 6.45) is 1.98. The Morgan fingerprint density at radius 1 is 1.24 bits per heavy atom. The lowest BCUT2D eigenvalue weighted by atomic mass is 10.0. The minimum absolute atomic E-state index is 0.389. The van der Waals surface area contributed by atoms with Crippen molar-refractivity contribution < 1.29 is 8.42 Å². The van der Waals surface area contributed by atoms with E-state index < -0.39 is 10.0 Å². The molecule has 1 heterocycles. The molecule has 0 aliphatic heterocycles. The van der Waals surface area contributed by atoms with Gasteiger partial charge in [0.1, 0.15) is 0 Å². The van der Waals surface area contributed by atoms with Crippen molar-refractivity contribution in [2.24, 2.45) is 5.92 Å². The predicted molar refractivity (Wildman–Crippen MR) is 90.3 cm³/mol. The molecular formula is C15H28N2O2S2.